The number of nitrogens with zero attached hydrogens (tertiary/aromatic N) is 2. The van der Waals surface area contributed by atoms with Gasteiger partial charge in [-0.25, -0.2) is 5.01 Å². The maximum Gasteiger partial charge on any atom is 0.417 e. The standard InChI is InChI=1S/C16H16F3N3O2S/c1-23-9-8-22(15(20)25)21-10-11-6-7-14(24-11)12-4-2-3-5-13(12)16(17,18)19/h2-7,10H,8-9H2,1H3,(H2,20,25)/b21-10+. The summed E-state index contributed by atoms with van der Waals surface area (Å²) in [6, 6.07) is 8.16. The Morgan fingerprint density at radius 2 is 2.04 bits per heavy atom. The number of hydrogen-bond acceptors (Lipinski definition) is 4. The molecule has 9 heteroatoms. The highest BCUT2D eigenvalue weighted by Crippen LogP contribution is 2.37. The van der Waals surface area contributed by atoms with Crippen LogP contribution in [0.3, 0.4) is 0 Å². The van der Waals surface area contributed by atoms with Crippen LogP contribution in [0.1, 0.15) is 11.3 Å². The minimum absolute atomic E-state index is 0.0414. The molecule has 0 saturated carbocycles. The first-order chi connectivity index (χ1) is 11.8. The lowest BCUT2D eigenvalue weighted by molar-refractivity contribution is -0.137. The van der Waals surface area contributed by atoms with Crippen LogP contribution in [0, 0.1) is 0 Å². The van der Waals surface area contributed by atoms with E-state index in [9.17, 15) is 13.2 Å². The largest absolute Gasteiger partial charge is 0.455 e. The minimum Gasteiger partial charge on any atom is -0.455 e. The Bertz CT molecular complexity index is 759. The summed E-state index contributed by atoms with van der Waals surface area (Å²) in [6.07, 6.45) is -3.14. The van der Waals surface area contributed by atoms with Crippen LogP contribution in [-0.4, -0.2) is 36.6 Å². The molecule has 0 saturated heterocycles. The monoisotopic (exact) mass is 371 g/mol. The number of rotatable bonds is 6. The molecule has 2 rings (SSSR count). The Hall–Kier alpha value is -2.39. The molecule has 0 aliphatic rings. The molecule has 0 aliphatic carbocycles. The van der Waals surface area contributed by atoms with Crippen LogP contribution < -0.4 is 5.73 Å². The minimum atomic E-state index is -4.47. The molecule has 1 heterocycles. The van der Waals surface area contributed by atoms with Crippen LogP contribution >= 0.6 is 12.2 Å². The van der Waals surface area contributed by atoms with Crippen molar-refractivity contribution in [3.05, 3.63) is 47.7 Å². The SMILES string of the molecule is COCCN(/N=C/c1ccc(-c2ccccc2C(F)(F)F)o1)C(N)=S. The fourth-order valence-corrected chi connectivity index (χ4v) is 2.18. The summed E-state index contributed by atoms with van der Waals surface area (Å²) in [5.74, 6) is 0.360. The van der Waals surface area contributed by atoms with E-state index in [0.29, 0.717) is 13.2 Å². The number of halogens is 3. The molecule has 134 valence electrons. The van der Waals surface area contributed by atoms with Crippen molar-refractivity contribution >= 4 is 23.5 Å². The van der Waals surface area contributed by atoms with Crippen LogP contribution in [-0.2, 0) is 10.9 Å². The predicted molar refractivity (Wildman–Crippen MR) is 92.1 cm³/mol. The van der Waals surface area contributed by atoms with Gasteiger partial charge in [-0.1, -0.05) is 18.2 Å². The van der Waals surface area contributed by atoms with Gasteiger partial charge >= 0.3 is 6.18 Å². The van der Waals surface area contributed by atoms with Gasteiger partial charge in [0, 0.05) is 12.7 Å². The number of ether oxygens (including phenoxy) is 1. The smallest absolute Gasteiger partial charge is 0.417 e. The quantitative estimate of drug-likeness (QED) is 0.478. The highest BCUT2D eigenvalue weighted by atomic mass is 32.1. The predicted octanol–water partition coefficient (Wildman–Crippen LogP) is 3.49. The summed E-state index contributed by atoms with van der Waals surface area (Å²) >= 11 is 4.86. The van der Waals surface area contributed by atoms with Crippen molar-refractivity contribution in [2.75, 3.05) is 20.3 Å². The third kappa shape index (κ3) is 5.04. The van der Waals surface area contributed by atoms with Crippen molar-refractivity contribution < 1.29 is 22.3 Å². The second kappa shape index (κ2) is 8.13. The van der Waals surface area contributed by atoms with Crippen molar-refractivity contribution in [1.82, 2.24) is 5.01 Å². The molecule has 0 fully saturated rings. The molecule has 0 spiro atoms. The van der Waals surface area contributed by atoms with E-state index >= 15 is 0 Å². The fourth-order valence-electron chi connectivity index (χ4n) is 2.04. The molecule has 0 radical (unpaired) electrons. The number of hydrazone groups is 1. The number of methoxy groups -OCH3 is 1. The van der Waals surface area contributed by atoms with Crippen LogP contribution in [0.4, 0.5) is 13.2 Å². The fraction of sp³-hybridized carbons (Fsp3) is 0.250. The van der Waals surface area contributed by atoms with Gasteiger partial charge in [-0.15, -0.1) is 0 Å². The molecular weight excluding hydrogens is 355 g/mol. The normalized spacial score (nSPS) is 11.8. The van der Waals surface area contributed by atoms with Crippen molar-refractivity contribution in [2.45, 2.75) is 6.18 Å². The Morgan fingerprint density at radius 1 is 1.32 bits per heavy atom. The summed E-state index contributed by atoms with van der Waals surface area (Å²) in [5.41, 5.74) is 4.73. The van der Waals surface area contributed by atoms with E-state index in [4.69, 9.17) is 27.1 Å². The first-order valence-corrected chi connectivity index (χ1v) is 7.60. The molecule has 0 aliphatic heterocycles. The second-order valence-corrected chi connectivity index (χ2v) is 5.36. The first kappa shape index (κ1) is 18.9. The zero-order chi connectivity index (χ0) is 18.4. The van der Waals surface area contributed by atoms with Crippen molar-refractivity contribution in [1.29, 1.82) is 0 Å². The lowest BCUT2D eigenvalue weighted by Crippen LogP contribution is -2.33. The van der Waals surface area contributed by atoms with E-state index in [-0.39, 0.29) is 22.2 Å². The summed E-state index contributed by atoms with van der Waals surface area (Å²) < 4.78 is 49.6. The van der Waals surface area contributed by atoms with Gasteiger partial charge in [0.05, 0.1) is 24.9 Å². The van der Waals surface area contributed by atoms with Gasteiger partial charge in [-0.05, 0) is 30.4 Å². The molecule has 0 amide bonds. The third-order valence-electron chi connectivity index (χ3n) is 3.21. The van der Waals surface area contributed by atoms with Crippen LogP contribution in [0.5, 0.6) is 0 Å². The van der Waals surface area contributed by atoms with E-state index < -0.39 is 11.7 Å². The Kier molecular flexibility index (Phi) is 6.16. The van der Waals surface area contributed by atoms with Crippen LogP contribution in [0.15, 0.2) is 45.9 Å². The van der Waals surface area contributed by atoms with Crippen LogP contribution in [0.25, 0.3) is 11.3 Å². The van der Waals surface area contributed by atoms with Gasteiger partial charge < -0.3 is 14.9 Å². The van der Waals surface area contributed by atoms with Crippen molar-refractivity contribution in [2.24, 2.45) is 10.8 Å². The zero-order valence-corrected chi connectivity index (χ0v) is 14.1. The maximum absolute atomic E-state index is 13.1. The molecule has 25 heavy (non-hydrogen) atoms. The molecular formula is C16H16F3N3O2S. The number of hydrogen-bond donors (Lipinski definition) is 1. The van der Waals surface area contributed by atoms with Gasteiger partial charge in [0.1, 0.15) is 11.5 Å². The topological polar surface area (TPSA) is 64.0 Å². The average molecular weight is 371 g/mol. The molecule has 2 aromatic rings. The lowest BCUT2D eigenvalue weighted by Gasteiger charge is -2.15. The molecule has 0 bridgehead atoms. The molecule has 1 aromatic heterocycles. The third-order valence-corrected chi connectivity index (χ3v) is 3.42. The number of nitrogens with two attached hydrogens (primary N) is 1. The molecule has 0 unspecified atom stereocenters. The highest BCUT2D eigenvalue weighted by molar-refractivity contribution is 7.80. The van der Waals surface area contributed by atoms with Gasteiger partial charge in [-0.2, -0.15) is 18.3 Å². The molecule has 2 N–H and O–H groups in total. The number of benzene rings is 1. The van der Waals surface area contributed by atoms with E-state index in [1.54, 1.807) is 0 Å². The summed E-state index contributed by atoms with van der Waals surface area (Å²) in [7, 11) is 1.53. The first-order valence-electron chi connectivity index (χ1n) is 7.19. The molecule has 1 aromatic carbocycles. The number of alkyl halides is 3. The van der Waals surface area contributed by atoms with Gasteiger partial charge in [-0.3, -0.25) is 0 Å². The highest BCUT2D eigenvalue weighted by Gasteiger charge is 2.34. The maximum atomic E-state index is 13.1. The summed E-state index contributed by atoms with van der Waals surface area (Å²) in [5, 5.41) is 5.42. The van der Waals surface area contributed by atoms with Crippen LogP contribution in [0.2, 0.25) is 0 Å². The Labute approximate surface area is 147 Å². The van der Waals surface area contributed by atoms with Crippen molar-refractivity contribution in [3.8, 4) is 11.3 Å². The molecule has 5 nitrogen and oxygen atoms in total. The molecule has 0 atom stereocenters. The van der Waals surface area contributed by atoms with E-state index in [0.717, 1.165) is 6.07 Å². The van der Waals surface area contributed by atoms with E-state index in [1.165, 1.54) is 48.7 Å². The number of thiocarbonyl (C=S) groups is 1. The second-order valence-electron chi connectivity index (χ2n) is 4.94. The van der Waals surface area contributed by atoms with Gasteiger partial charge in [0.15, 0.2) is 5.11 Å². The van der Waals surface area contributed by atoms with Gasteiger partial charge in [0.25, 0.3) is 0 Å². The van der Waals surface area contributed by atoms with E-state index in [2.05, 4.69) is 5.10 Å². The summed E-state index contributed by atoms with van der Waals surface area (Å²) in [6.45, 7) is 0.698. The summed E-state index contributed by atoms with van der Waals surface area (Å²) in [4.78, 5) is 0. The van der Waals surface area contributed by atoms with Gasteiger partial charge in [0.2, 0.25) is 0 Å². The van der Waals surface area contributed by atoms with Crippen molar-refractivity contribution in [3.63, 3.8) is 0 Å². The Morgan fingerprint density at radius 3 is 2.68 bits per heavy atom. The van der Waals surface area contributed by atoms with E-state index in [1.807, 2.05) is 0 Å². The Balaban J connectivity index is 2.23. The number of furan rings is 1. The average Bonchev–Trinajstić information content (AvgIpc) is 3.02. The zero-order valence-electron chi connectivity index (χ0n) is 13.3. The lowest BCUT2D eigenvalue weighted by atomic mass is 10.1.